The number of aryl methyl sites for hydroxylation is 1. The number of halogens is 4. The second kappa shape index (κ2) is 15.2. The van der Waals surface area contributed by atoms with Crippen molar-refractivity contribution in [2.45, 2.75) is 40.9 Å². The first-order chi connectivity index (χ1) is 23.3. The van der Waals surface area contributed by atoms with Gasteiger partial charge < -0.3 is 5.32 Å². The highest BCUT2D eigenvalue weighted by Crippen LogP contribution is 2.31. The number of amides is 1. The molecule has 50 heavy (non-hydrogen) atoms. The molecule has 0 saturated heterocycles. The highest BCUT2D eigenvalue weighted by Gasteiger charge is 2.31. The number of rotatable bonds is 8. The summed E-state index contributed by atoms with van der Waals surface area (Å²) < 4.78 is 96.3. The normalized spacial score (nSPS) is 11.8. The molecule has 0 fully saturated rings. The van der Waals surface area contributed by atoms with E-state index in [2.05, 4.69) is 38.0 Å². The fraction of sp³-hybridized carbons (Fsp3) is 0.188. The van der Waals surface area contributed by atoms with Crippen molar-refractivity contribution in [2.24, 2.45) is 0 Å². The van der Waals surface area contributed by atoms with E-state index in [9.17, 15) is 39.6 Å². The number of sulfone groups is 1. The zero-order valence-electron chi connectivity index (χ0n) is 26.5. The Morgan fingerprint density at radius 2 is 1.62 bits per heavy atom. The zero-order valence-corrected chi connectivity index (χ0v) is 30.3. The molecule has 0 aliphatic carbocycles. The highest BCUT2D eigenvalue weighted by molar-refractivity contribution is 14.1. The molecule has 5 rings (SSSR count). The Labute approximate surface area is 298 Å². The van der Waals surface area contributed by atoms with Crippen LogP contribution in [-0.4, -0.2) is 52.9 Å². The molecule has 2 N–H and O–H groups in total. The average Bonchev–Trinajstić information content (AvgIpc) is 3.52. The van der Waals surface area contributed by atoms with Gasteiger partial charge in [-0.25, -0.2) is 8.42 Å². The lowest BCUT2D eigenvalue weighted by atomic mass is 10.1. The lowest BCUT2D eigenvalue weighted by Crippen LogP contribution is -2.34. The van der Waals surface area contributed by atoms with Gasteiger partial charge in [0.15, 0.2) is 9.84 Å². The van der Waals surface area contributed by atoms with Crippen LogP contribution in [0.3, 0.4) is 0 Å². The van der Waals surface area contributed by atoms with E-state index in [4.69, 9.17) is 4.55 Å². The quantitative estimate of drug-likeness (QED) is 0.118. The van der Waals surface area contributed by atoms with Crippen molar-refractivity contribution in [3.8, 4) is 16.9 Å². The molecular weight excluding hydrogens is 814 g/mol. The van der Waals surface area contributed by atoms with Crippen LogP contribution < -0.4 is 10.9 Å². The second-order valence-electron chi connectivity index (χ2n) is 10.8. The van der Waals surface area contributed by atoms with Gasteiger partial charge in [-0.1, -0.05) is 46.4 Å². The number of aromatic nitrogens is 4. The molecule has 0 aliphatic heterocycles. The van der Waals surface area contributed by atoms with Gasteiger partial charge in [0, 0.05) is 35.6 Å². The van der Waals surface area contributed by atoms with E-state index in [0.717, 1.165) is 34.7 Å². The summed E-state index contributed by atoms with van der Waals surface area (Å²) in [6, 6.07) is 16.1. The summed E-state index contributed by atoms with van der Waals surface area (Å²) in [5.74, 6) is -0.781. The number of carbonyl (C=O) groups excluding carboxylic acids is 1. The molecule has 0 unspecified atom stereocenters. The van der Waals surface area contributed by atoms with Crippen molar-refractivity contribution >= 4 is 48.5 Å². The van der Waals surface area contributed by atoms with Crippen LogP contribution >= 0.6 is 22.6 Å². The predicted octanol–water partition coefficient (Wildman–Crippen LogP) is 5.39. The first kappa shape index (κ1) is 38.4. The minimum absolute atomic E-state index is 0.0107. The summed E-state index contributed by atoms with van der Waals surface area (Å²) >= 11 is 2.09. The minimum atomic E-state index is -4.63. The standard InChI is InChI=1S/C25H21F3IN5O4S.C7H8O3S/c1-15-20(22-8-9-32-33(22)14-29)11-21(23(35)31-12-17-6-7-19(13-30-17)39(2,37)38)24(36)34(15)18-5-3-4-16(10-18)25(26,27)28;1-6-2-4-7(5-3-6)11(8,9)10/h3-11,13H,12,14H2,1-2H3,(H,31,35);2-5H,1H3,(H,8,9,10). The van der Waals surface area contributed by atoms with Gasteiger partial charge in [-0.05, 0) is 68.4 Å². The van der Waals surface area contributed by atoms with Crippen molar-refractivity contribution < 1.29 is 39.4 Å². The van der Waals surface area contributed by atoms with E-state index in [1.165, 1.54) is 42.5 Å². The number of alkyl halides is 4. The van der Waals surface area contributed by atoms with Gasteiger partial charge in [-0.15, -0.1) is 0 Å². The van der Waals surface area contributed by atoms with E-state index < -0.39 is 43.2 Å². The van der Waals surface area contributed by atoms with Gasteiger partial charge in [0.1, 0.15) is 5.56 Å². The first-order valence-electron chi connectivity index (χ1n) is 14.3. The van der Waals surface area contributed by atoms with Crippen LogP contribution in [0.2, 0.25) is 0 Å². The molecule has 0 atom stereocenters. The van der Waals surface area contributed by atoms with Crippen LogP contribution in [0, 0.1) is 13.8 Å². The lowest BCUT2D eigenvalue weighted by Gasteiger charge is -2.18. The summed E-state index contributed by atoms with van der Waals surface area (Å²) in [6.07, 6.45) is -0.893. The molecule has 0 aliphatic rings. The summed E-state index contributed by atoms with van der Waals surface area (Å²) in [5, 5.41) is 6.80. The molecule has 264 valence electrons. The molecule has 0 saturated carbocycles. The number of hydrogen-bond acceptors (Lipinski definition) is 8. The van der Waals surface area contributed by atoms with Crippen molar-refractivity contribution in [3.05, 3.63) is 124 Å². The second-order valence-corrected chi connectivity index (χ2v) is 14.9. The maximum Gasteiger partial charge on any atom is 0.416 e. The van der Waals surface area contributed by atoms with Gasteiger partial charge >= 0.3 is 6.18 Å². The summed E-state index contributed by atoms with van der Waals surface area (Å²) in [5.41, 5.74) is 0.500. The van der Waals surface area contributed by atoms with Crippen LogP contribution in [0.5, 0.6) is 0 Å². The third-order valence-electron chi connectivity index (χ3n) is 7.20. The van der Waals surface area contributed by atoms with Crippen molar-refractivity contribution in [2.75, 3.05) is 6.26 Å². The van der Waals surface area contributed by atoms with Gasteiger partial charge in [-0.3, -0.25) is 28.4 Å². The SMILES string of the molecule is Cc1c(-c2ccnn2CI)cc(C(=O)NCc2ccc(S(C)(=O)=O)cn2)c(=O)n1-c1cccc(C(F)(F)F)c1.Cc1ccc(S(=O)(=O)O)cc1. The first-order valence-corrected chi connectivity index (χ1v) is 19.2. The third-order valence-corrected chi connectivity index (χ3v) is 9.82. The largest absolute Gasteiger partial charge is 0.416 e. The average molecular weight is 844 g/mol. The van der Waals surface area contributed by atoms with Crippen LogP contribution in [-0.2, 0) is 37.2 Å². The van der Waals surface area contributed by atoms with Crippen LogP contribution in [0.15, 0.2) is 99.8 Å². The number of hydrogen-bond donors (Lipinski definition) is 2. The van der Waals surface area contributed by atoms with Gasteiger partial charge in [-0.2, -0.15) is 26.7 Å². The molecule has 1 amide bonds. The number of nitrogens with one attached hydrogen (secondary N) is 1. The molecule has 0 spiro atoms. The maximum absolute atomic E-state index is 13.5. The van der Waals surface area contributed by atoms with E-state index in [1.807, 2.05) is 6.92 Å². The van der Waals surface area contributed by atoms with Crippen LogP contribution in [0.1, 0.15) is 32.9 Å². The highest BCUT2D eigenvalue weighted by atomic mass is 127. The van der Waals surface area contributed by atoms with Crippen LogP contribution in [0.25, 0.3) is 16.9 Å². The molecular formula is C32H29F3IN5O7S2. The van der Waals surface area contributed by atoms with Gasteiger partial charge in [0.05, 0.1) is 37.8 Å². The van der Waals surface area contributed by atoms with Gasteiger partial charge in [0.25, 0.3) is 21.6 Å². The Kier molecular flexibility index (Phi) is 11.7. The molecule has 0 radical (unpaired) electrons. The number of carbonyl (C=O) groups is 1. The Bertz CT molecular complexity index is 2310. The molecule has 2 aromatic carbocycles. The number of pyridine rings is 2. The Balaban J connectivity index is 0.000000435. The molecule has 18 heteroatoms. The fourth-order valence-electron chi connectivity index (χ4n) is 4.63. The number of benzene rings is 2. The van der Waals surface area contributed by atoms with E-state index in [-0.39, 0.29) is 27.6 Å². The fourth-order valence-corrected chi connectivity index (χ4v) is 6.21. The Morgan fingerprint density at radius 1 is 0.960 bits per heavy atom. The zero-order chi connectivity index (χ0) is 37.0. The predicted molar refractivity (Wildman–Crippen MR) is 187 cm³/mol. The molecule has 12 nitrogen and oxygen atoms in total. The van der Waals surface area contributed by atoms with E-state index in [1.54, 1.807) is 36.0 Å². The Hall–Kier alpha value is -4.40. The molecule has 5 aromatic rings. The van der Waals surface area contributed by atoms with Gasteiger partial charge in [0.2, 0.25) is 0 Å². The van der Waals surface area contributed by atoms with Crippen molar-refractivity contribution in [1.29, 1.82) is 0 Å². The summed E-state index contributed by atoms with van der Waals surface area (Å²) in [7, 11) is -7.47. The lowest BCUT2D eigenvalue weighted by molar-refractivity contribution is -0.137. The minimum Gasteiger partial charge on any atom is -0.346 e. The monoisotopic (exact) mass is 843 g/mol. The van der Waals surface area contributed by atoms with Crippen molar-refractivity contribution in [1.82, 2.24) is 24.6 Å². The smallest absolute Gasteiger partial charge is 0.346 e. The van der Waals surface area contributed by atoms with E-state index in [0.29, 0.717) is 27.2 Å². The topological polar surface area (TPSA) is 170 Å². The third kappa shape index (κ3) is 9.23. The molecule has 3 heterocycles. The van der Waals surface area contributed by atoms with Crippen molar-refractivity contribution in [3.63, 3.8) is 0 Å². The summed E-state index contributed by atoms with van der Waals surface area (Å²) in [4.78, 5) is 30.7. The van der Waals surface area contributed by atoms with E-state index >= 15 is 0 Å². The summed E-state index contributed by atoms with van der Waals surface area (Å²) in [6.45, 7) is 3.30. The molecule has 0 bridgehead atoms. The molecule has 3 aromatic heterocycles. The Morgan fingerprint density at radius 3 is 2.18 bits per heavy atom. The van der Waals surface area contributed by atoms with Crippen LogP contribution in [0.4, 0.5) is 13.2 Å². The number of nitrogens with zero attached hydrogens (tertiary/aromatic N) is 4. The maximum atomic E-state index is 13.5.